The van der Waals surface area contributed by atoms with Crippen LogP contribution in [-0.4, -0.2) is 24.8 Å². The van der Waals surface area contributed by atoms with Gasteiger partial charge in [0.2, 0.25) is 0 Å². The molecule has 0 N–H and O–H groups in total. The smallest absolute Gasteiger partial charge is 0.748 e. The normalized spacial score (nSPS) is 12.5. The van der Waals surface area contributed by atoms with Crippen molar-refractivity contribution in [3.8, 4) is 5.75 Å². The topological polar surface area (TPSA) is 66.4 Å². The minimum absolute atomic E-state index is 0. The summed E-state index contributed by atoms with van der Waals surface area (Å²) in [4.78, 5) is 0. The van der Waals surface area contributed by atoms with Crippen LogP contribution in [0.25, 0.3) is 0 Å². The number of hydrogen-bond acceptors (Lipinski definition) is 4. The van der Waals surface area contributed by atoms with E-state index in [1.165, 1.54) is 36.8 Å². The zero-order chi connectivity index (χ0) is 18.7. The third kappa shape index (κ3) is 10.3. The number of benzene rings is 1. The van der Waals surface area contributed by atoms with Crippen molar-refractivity contribution >= 4 is 10.1 Å². The van der Waals surface area contributed by atoms with Crippen LogP contribution in [0.15, 0.2) is 18.2 Å². The quantitative estimate of drug-likeness (QED) is 0.292. The van der Waals surface area contributed by atoms with Crippen LogP contribution in [0.1, 0.15) is 76.8 Å². The molecule has 1 atom stereocenters. The SMILES string of the molecule is CCCCCc1cc(CCCCC)cc(OCC(CC)S(=O)(=O)[O-])c1.[Na+]. The average molecular weight is 393 g/mol. The average Bonchev–Trinajstić information content (AvgIpc) is 2.54. The van der Waals surface area contributed by atoms with E-state index >= 15 is 0 Å². The molecule has 144 valence electrons. The molecule has 1 unspecified atom stereocenters. The monoisotopic (exact) mass is 392 g/mol. The first kappa shape index (κ1) is 25.9. The Morgan fingerprint density at radius 1 is 0.923 bits per heavy atom. The van der Waals surface area contributed by atoms with Crippen LogP contribution in [0, 0.1) is 0 Å². The third-order valence-corrected chi connectivity index (χ3v) is 5.75. The molecule has 1 aromatic carbocycles. The maximum atomic E-state index is 11.2. The van der Waals surface area contributed by atoms with E-state index in [1.807, 2.05) is 12.1 Å². The first-order valence-corrected chi connectivity index (χ1v) is 11.1. The molecule has 0 amide bonds. The standard InChI is InChI=1S/C20H34O4S.Na/c1-4-7-9-11-17-13-18(12-10-8-5-2)15-19(14-17)24-16-20(6-3)25(21,22)23;/h13-15,20H,4-12,16H2,1-3H3,(H,21,22,23);/q;+1/p-1. The predicted octanol–water partition coefficient (Wildman–Crippen LogP) is 1.86. The molecular formula is C20H33NaO4S. The second-order valence-corrected chi connectivity index (χ2v) is 8.39. The van der Waals surface area contributed by atoms with Gasteiger partial charge >= 0.3 is 29.6 Å². The molecule has 1 aromatic rings. The van der Waals surface area contributed by atoms with Gasteiger partial charge < -0.3 is 9.29 Å². The molecule has 0 radical (unpaired) electrons. The van der Waals surface area contributed by atoms with Gasteiger partial charge in [0.25, 0.3) is 0 Å². The van der Waals surface area contributed by atoms with Crippen LogP contribution in [-0.2, 0) is 23.0 Å². The summed E-state index contributed by atoms with van der Waals surface area (Å²) in [5.41, 5.74) is 2.46. The molecule has 4 nitrogen and oxygen atoms in total. The summed E-state index contributed by atoms with van der Waals surface area (Å²) in [6, 6.07) is 6.21. The van der Waals surface area contributed by atoms with Crippen LogP contribution >= 0.6 is 0 Å². The largest absolute Gasteiger partial charge is 1.00 e. The molecule has 0 aromatic heterocycles. The molecule has 0 saturated carbocycles. The summed E-state index contributed by atoms with van der Waals surface area (Å²) < 4.78 is 39.4. The minimum Gasteiger partial charge on any atom is -0.748 e. The van der Waals surface area contributed by atoms with Gasteiger partial charge in [0.05, 0.1) is 5.25 Å². The molecule has 0 saturated heterocycles. The van der Waals surface area contributed by atoms with Crippen LogP contribution < -0.4 is 34.3 Å². The van der Waals surface area contributed by atoms with Crippen LogP contribution in [0.5, 0.6) is 5.75 Å². The van der Waals surface area contributed by atoms with Crippen molar-refractivity contribution in [2.24, 2.45) is 0 Å². The fraction of sp³-hybridized carbons (Fsp3) is 0.700. The van der Waals surface area contributed by atoms with Gasteiger partial charge in [0.1, 0.15) is 22.5 Å². The molecule has 0 aliphatic heterocycles. The Kier molecular flexibility index (Phi) is 14.0. The molecule has 0 heterocycles. The van der Waals surface area contributed by atoms with E-state index in [0.717, 1.165) is 25.7 Å². The van der Waals surface area contributed by atoms with E-state index in [2.05, 4.69) is 19.9 Å². The number of hydrogen-bond donors (Lipinski definition) is 0. The summed E-state index contributed by atoms with van der Waals surface area (Å²) in [6.45, 7) is 5.99. The van der Waals surface area contributed by atoms with E-state index in [0.29, 0.717) is 5.75 Å². The Labute approximate surface area is 182 Å². The molecule has 6 heteroatoms. The fourth-order valence-electron chi connectivity index (χ4n) is 2.85. The van der Waals surface area contributed by atoms with E-state index in [9.17, 15) is 13.0 Å². The molecule has 0 fully saturated rings. The minimum atomic E-state index is -4.32. The van der Waals surface area contributed by atoms with Gasteiger partial charge in [-0.1, -0.05) is 52.5 Å². The zero-order valence-electron chi connectivity index (χ0n) is 16.9. The summed E-state index contributed by atoms with van der Waals surface area (Å²) in [6.07, 6.45) is 9.31. The summed E-state index contributed by atoms with van der Waals surface area (Å²) in [7, 11) is -4.32. The first-order valence-electron chi connectivity index (χ1n) is 9.61. The van der Waals surface area contributed by atoms with Crippen LogP contribution in [0.3, 0.4) is 0 Å². The molecule has 26 heavy (non-hydrogen) atoms. The van der Waals surface area contributed by atoms with Crippen molar-refractivity contribution in [3.63, 3.8) is 0 Å². The van der Waals surface area contributed by atoms with Crippen molar-refractivity contribution in [2.45, 2.75) is 83.8 Å². The molecule has 0 aliphatic rings. The third-order valence-electron chi connectivity index (χ3n) is 4.46. The molecule has 1 rings (SSSR count). The van der Waals surface area contributed by atoms with Crippen LogP contribution in [0.2, 0.25) is 0 Å². The molecule has 0 bridgehead atoms. The van der Waals surface area contributed by atoms with Gasteiger partial charge in [-0.3, -0.25) is 0 Å². The van der Waals surface area contributed by atoms with E-state index in [-0.39, 0.29) is 42.6 Å². The number of rotatable bonds is 13. The van der Waals surface area contributed by atoms with Crippen molar-refractivity contribution in [2.75, 3.05) is 6.61 Å². The second kappa shape index (κ2) is 14.0. The van der Waals surface area contributed by atoms with Crippen molar-refractivity contribution in [1.82, 2.24) is 0 Å². The maximum Gasteiger partial charge on any atom is 1.00 e. The first-order chi connectivity index (χ1) is 11.9. The Morgan fingerprint density at radius 2 is 1.42 bits per heavy atom. The molecule has 0 spiro atoms. The van der Waals surface area contributed by atoms with Gasteiger partial charge in [0.15, 0.2) is 0 Å². The van der Waals surface area contributed by atoms with E-state index in [4.69, 9.17) is 4.74 Å². The number of unbranched alkanes of at least 4 members (excludes halogenated alkanes) is 4. The van der Waals surface area contributed by atoms with E-state index < -0.39 is 15.4 Å². The van der Waals surface area contributed by atoms with Gasteiger partial charge in [-0.05, 0) is 55.4 Å². The van der Waals surface area contributed by atoms with Crippen LogP contribution in [0.4, 0.5) is 0 Å². The van der Waals surface area contributed by atoms with Crippen molar-refractivity contribution in [1.29, 1.82) is 0 Å². The van der Waals surface area contributed by atoms with Crippen molar-refractivity contribution < 1.29 is 47.3 Å². The molecular weight excluding hydrogens is 359 g/mol. The summed E-state index contributed by atoms with van der Waals surface area (Å²) >= 11 is 0. The van der Waals surface area contributed by atoms with E-state index in [1.54, 1.807) is 6.92 Å². The van der Waals surface area contributed by atoms with Gasteiger partial charge in [-0.2, -0.15) is 0 Å². The summed E-state index contributed by atoms with van der Waals surface area (Å²) in [5, 5.41) is -0.986. The Hall–Kier alpha value is -0.0700. The summed E-state index contributed by atoms with van der Waals surface area (Å²) in [5.74, 6) is 0.683. The fourth-order valence-corrected chi connectivity index (χ4v) is 3.50. The zero-order valence-corrected chi connectivity index (χ0v) is 19.7. The van der Waals surface area contributed by atoms with Gasteiger partial charge in [0, 0.05) is 0 Å². The molecule has 0 aliphatic carbocycles. The predicted molar refractivity (Wildman–Crippen MR) is 102 cm³/mol. The Morgan fingerprint density at radius 3 is 1.81 bits per heavy atom. The Bertz CT molecular complexity index is 574. The second-order valence-electron chi connectivity index (χ2n) is 6.73. The number of aryl methyl sites for hydroxylation is 2. The Balaban J connectivity index is 0.00000625. The number of ether oxygens (including phenoxy) is 1. The van der Waals surface area contributed by atoms with Gasteiger partial charge in [-0.15, -0.1) is 0 Å². The van der Waals surface area contributed by atoms with Gasteiger partial charge in [-0.25, -0.2) is 8.42 Å². The van der Waals surface area contributed by atoms with Crippen molar-refractivity contribution in [3.05, 3.63) is 29.3 Å². The maximum absolute atomic E-state index is 11.2.